The monoisotopic (exact) mass is 1510 g/mol. The molecule has 552 valence electrons. The first-order valence-corrected chi connectivity index (χ1v) is 38.0. The first kappa shape index (κ1) is 75.1. The summed E-state index contributed by atoms with van der Waals surface area (Å²) in [6.07, 6.45) is 7.28. The van der Waals surface area contributed by atoms with Crippen LogP contribution in [0.25, 0.3) is 188 Å². The van der Waals surface area contributed by atoms with Crippen LogP contribution < -0.4 is 5.46 Å². The molecule has 0 spiro atoms. The molecule has 2 radical (unpaired) electrons. The molecule has 0 bridgehead atoms. The van der Waals surface area contributed by atoms with E-state index in [1.807, 2.05) is 194 Å². The molecule has 0 atom stereocenters. The SMILES string of the molecule is C.CC(C)(O)C(C)(C)O.Clc1c2ccc3ccccc3c2nc2c1ccc1ccccc12.[B]c1cc(-c2cccnc2)cc(-c2nc(-c3ccccc3)nc(-c3ccccc3)n2)c1.c1ccc(-c2nc(-c3ccccc3)nc(-c3cc(-c4cccnc4)cc(-c4c5ccc6ccccc6c5nc5c4ccc4ccccc45)c3)n2)cc1. The second-order valence-electron chi connectivity index (χ2n) is 29.0. The van der Waals surface area contributed by atoms with E-state index >= 15 is 0 Å². The third kappa shape index (κ3) is 15.8. The van der Waals surface area contributed by atoms with Gasteiger partial charge in [-0.3, -0.25) is 9.97 Å². The number of benzene rings is 14. The summed E-state index contributed by atoms with van der Waals surface area (Å²) in [5.74, 6) is 3.65. The third-order valence-electron chi connectivity index (χ3n) is 20.6. The molecule has 12 nitrogen and oxygen atoms in total. The van der Waals surface area contributed by atoms with Crippen molar-refractivity contribution in [1.82, 2.24) is 49.8 Å². The largest absolute Gasteiger partial charge is 0.387 e. The van der Waals surface area contributed by atoms with Crippen LogP contribution in [0.2, 0.25) is 5.02 Å². The molecule has 20 rings (SSSR count). The Morgan fingerprint density at radius 2 is 0.513 bits per heavy atom. The van der Waals surface area contributed by atoms with Crippen molar-refractivity contribution in [3.05, 3.63) is 357 Å². The van der Waals surface area contributed by atoms with Gasteiger partial charge in [0.05, 0.1) is 38.3 Å². The summed E-state index contributed by atoms with van der Waals surface area (Å²) < 4.78 is 0. The van der Waals surface area contributed by atoms with Crippen molar-refractivity contribution in [1.29, 1.82) is 0 Å². The van der Waals surface area contributed by atoms with Crippen molar-refractivity contribution >= 4 is 112 Å². The summed E-state index contributed by atoms with van der Waals surface area (Å²) in [6.45, 7) is 6.31. The normalized spacial score (nSPS) is 11.4. The van der Waals surface area contributed by atoms with E-state index in [-0.39, 0.29) is 7.43 Å². The minimum Gasteiger partial charge on any atom is -0.387 e. The summed E-state index contributed by atoms with van der Waals surface area (Å²) in [7, 11) is 6.24. The third-order valence-corrected chi connectivity index (χ3v) is 21.0. The summed E-state index contributed by atoms with van der Waals surface area (Å²) in [5.41, 5.74) is 14.1. The minimum atomic E-state index is -1.01. The lowest BCUT2D eigenvalue weighted by molar-refractivity contribution is -0.107. The molecule has 14 heteroatoms. The zero-order valence-electron chi connectivity index (χ0n) is 62.8. The van der Waals surface area contributed by atoms with Crippen molar-refractivity contribution in [3.8, 4) is 102 Å². The molecule has 0 amide bonds. The standard InChI is InChI=1S/C47H29N5.C26H17BN4.C21H12ClN.C6H14O2.CH4/c1-3-14-32(15-4-1)45-50-46(33-16-5-2-6-17-33)52-47(51-45)37-27-35(34-18-11-25-48-29-34)26-36(28-37)42-40-23-21-30-12-7-9-19-38(30)43(40)49-44-39-20-10-8-13-31(39)22-24-41(42)44;27-23-15-21(20-12-7-13-28-17-20)14-22(16-23)26-30-24(18-8-3-1-4-9-18)29-25(31-26)19-10-5-2-6-11-19;22-19-17-11-9-13-5-1-3-7-15(13)20(17)23-21-16-8-4-2-6-14(16)10-12-18(19)21;1-5(2,7)6(3,4)8;/h1-29H;1-17H;1-12H;7-8H,1-4H3;1H4. The molecule has 0 fully saturated rings. The fraction of sp³-hybridized carbons (Fsp3) is 0.0693. The molecule has 6 aromatic heterocycles. The van der Waals surface area contributed by atoms with Crippen LogP contribution in [0, 0.1) is 0 Å². The molecule has 0 unspecified atom stereocenters. The average Bonchev–Trinajstić information content (AvgIpc) is 0.733. The molecule has 14 aromatic carbocycles. The predicted molar refractivity (Wildman–Crippen MR) is 476 cm³/mol. The highest BCUT2D eigenvalue weighted by molar-refractivity contribution is 6.42. The van der Waals surface area contributed by atoms with Gasteiger partial charge in [0.1, 0.15) is 7.85 Å². The number of aliphatic hydroxyl groups is 2. The van der Waals surface area contributed by atoms with Crippen LogP contribution in [0.5, 0.6) is 0 Å². The number of fused-ring (bicyclic) bond motifs is 12. The number of aromatic nitrogens is 10. The number of pyridine rings is 4. The molecular weight excluding hydrogens is 1430 g/mol. The van der Waals surface area contributed by atoms with Gasteiger partial charge in [0.2, 0.25) is 0 Å². The summed E-state index contributed by atoms with van der Waals surface area (Å²) in [4.78, 5) is 48.7. The van der Waals surface area contributed by atoms with Crippen molar-refractivity contribution < 1.29 is 10.2 Å². The maximum absolute atomic E-state index is 9.10. The Morgan fingerprint density at radius 3 is 0.843 bits per heavy atom. The highest BCUT2D eigenvalue weighted by atomic mass is 35.5. The van der Waals surface area contributed by atoms with E-state index in [2.05, 4.69) is 156 Å². The Balaban J connectivity index is 0.000000133. The van der Waals surface area contributed by atoms with Crippen molar-refractivity contribution in [3.63, 3.8) is 0 Å². The van der Waals surface area contributed by atoms with Gasteiger partial charge in [0, 0.05) is 112 Å². The fourth-order valence-corrected chi connectivity index (χ4v) is 14.3. The molecule has 0 saturated carbocycles. The van der Waals surface area contributed by atoms with E-state index in [9.17, 15) is 0 Å². The van der Waals surface area contributed by atoms with Gasteiger partial charge in [-0.25, -0.2) is 39.9 Å². The molecule has 115 heavy (non-hydrogen) atoms. The fourth-order valence-electron chi connectivity index (χ4n) is 14.0. The molecular formula is C101H76BClN10O2. The van der Waals surface area contributed by atoms with Crippen molar-refractivity contribution in [2.24, 2.45) is 0 Å². The van der Waals surface area contributed by atoms with Crippen molar-refractivity contribution in [2.45, 2.75) is 46.3 Å². The Bertz CT molecular complexity index is 6650. The first-order valence-electron chi connectivity index (χ1n) is 37.6. The van der Waals surface area contributed by atoms with Gasteiger partial charge in [-0.1, -0.05) is 316 Å². The maximum Gasteiger partial charge on any atom is 0.164 e. The Labute approximate surface area is 672 Å². The number of nitrogens with zero attached hydrogens (tertiary/aromatic N) is 10. The zero-order valence-corrected chi connectivity index (χ0v) is 63.6. The van der Waals surface area contributed by atoms with Crippen LogP contribution in [0.15, 0.2) is 352 Å². The minimum absolute atomic E-state index is 0. The van der Waals surface area contributed by atoms with E-state index in [1.54, 1.807) is 40.1 Å². The quantitative estimate of drug-likeness (QED) is 0.0756. The van der Waals surface area contributed by atoms with Crippen LogP contribution in [0.3, 0.4) is 0 Å². The maximum atomic E-state index is 9.10. The van der Waals surface area contributed by atoms with Gasteiger partial charge < -0.3 is 10.2 Å². The molecule has 20 aromatic rings. The van der Waals surface area contributed by atoms with Gasteiger partial charge in [-0.05, 0) is 108 Å². The smallest absolute Gasteiger partial charge is 0.164 e. The van der Waals surface area contributed by atoms with Crippen LogP contribution in [0.4, 0.5) is 0 Å². The highest BCUT2D eigenvalue weighted by Gasteiger charge is 2.32. The van der Waals surface area contributed by atoms with Gasteiger partial charge in [0.15, 0.2) is 34.9 Å². The molecule has 0 saturated heterocycles. The van der Waals surface area contributed by atoms with Gasteiger partial charge in [0.25, 0.3) is 0 Å². The van der Waals surface area contributed by atoms with Crippen LogP contribution >= 0.6 is 11.6 Å². The molecule has 6 heterocycles. The highest BCUT2D eigenvalue weighted by Crippen LogP contribution is 2.44. The number of rotatable bonds is 10. The van der Waals surface area contributed by atoms with Gasteiger partial charge >= 0.3 is 0 Å². The summed E-state index contributed by atoms with van der Waals surface area (Å²) in [6, 6.07) is 111. The van der Waals surface area contributed by atoms with Crippen LogP contribution in [0.1, 0.15) is 35.1 Å². The Kier molecular flexibility index (Phi) is 21.2. The molecule has 0 aliphatic rings. The lowest BCUT2D eigenvalue weighted by Gasteiger charge is -2.31. The average molecular weight is 1510 g/mol. The predicted octanol–water partition coefficient (Wildman–Crippen LogP) is 23.8. The van der Waals surface area contributed by atoms with E-state index in [0.29, 0.717) is 40.4 Å². The summed E-state index contributed by atoms with van der Waals surface area (Å²) in [5, 5.41) is 32.4. The molecule has 0 aliphatic carbocycles. The summed E-state index contributed by atoms with van der Waals surface area (Å²) >= 11 is 6.74. The number of halogens is 1. The number of hydrogen-bond acceptors (Lipinski definition) is 12. The van der Waals surface area contributed by atoms with E-state index in [0.717, 1.165) is 148 Å². The van der Waals surface area contributed by atoms with E-state index in [1.165, 1.54) is 10.8 Å². The van der Waals surface area contributed by atoms with E-state index in [4.69, 9.17) is 69.5 Å². The number of hydrogen-bond donors (Lipinski definition) is 2. The van der Waals surface area contributed by atoms with Crippen molar-refractivity contribution in [2.75, 3.05) is 0 Å². The Hall–Kier alpha value is -13.9. The first-order chi connectivity index (χ1) is 55.6. The van der Waals surface area contributed by atoms with Crippen LogP contribution in [-0.2, 0) is 0 Å². The van der Waals surface area contributed by atoms with E-state index < -0.39 is 11.2 Å². The Morgan fingerprint density at radius 1 is 0.252 bits per heavy atom. The van der Waals surface area contributed by atoms with Gasteiger partial charge in [-0.2, -0.15) is 0 Å². The second kappa shape index (κ2) is 32.4. The zero-order chi connectivity index (χ0) is 77.9. The topological polar surface area (TPSA) is 169 Å². The molecule has 0 aliphatic heterocycles. The van der Waals surface area contributed by atoms with Gasteiger partial charge in [-0.15, -0.1) is 0 Å². The lowest BCUT2D eigenvalue weighted by Crippen LogP contribution is -2.44. The molecule has 2 N–H and O–H groups in total. The lowest BCUT2D eigenvalue weighted by atomic mass is 9.90. The second-order valence-corrected chi connectivity index (χ2v) is 29.3. The van der Waals surface area contributed by atoms with Crippen LogP contribution in [-0.4, -0.2) is 79.1 Å².